The van der Waals surface area contributed by atoms with E-state index in [1.54, 1.807) is 17.7 Å². The molecule has 0 aliphatic carbocycles. The van der Waals surface area contributed by atoms with Gasteiger partial charge in [0.15, 0.2) is 0 Å². The van der Waals surface area contributed by atoms with Crippen molar-refractivity contribution in [1.29, 1.82) is 0 Å². The van der Waals surface area contributed by atoms with Crippen molar-refractivity contribution in [2.24, 2.45) is 5.92 Å². The summed E-state index contributed by atoms with van der Waals surface area (Å²) in [7, 11) is -0.320. The Morgan fingerprint density at radius 3 is 2.72 bits per heavy atom. The van der Waals surface area contributed by atoms with Crippen LogP contribution in [0.5, 0.6) is 0 Å². The molecule has 0 saturated carbocycles. The molecule has 9 heteroatoms. The number of sulfonamides is 1. The van der Waals surface area contributed by atoms with Gasteiger partial charge in [0.25, 0.3) is 0 Å². The topological polar surface area (TPSA) is 86.6 Å². The zero-order valence-corrected chi connectivity index (χ0v) is 16.6. The van der Waals surface area contributed by atoms with Gasteiger partial charge in [-0.15, -0.1) is 11.3 Å². The Morgan fingerprint density at radius 1 is 1.36 bits per heavy atom. The van der Waals surface area contributed by atoms with E-state index in [-0.39, 0.29) is 11.7 Å². The third-order valence-electron chi connectivity index (χ3n) is 4.81. The molecule has 2 aromatic rings. The molecule has 1 aliphatic rings. The van der Waals surface area contributed by atoms with Gasteiger partial charge < -0.3 is 10.0 Å². The summed E-state index contributed by atoms with van der Waals surface area (Å²) in [5, 5.41) is 11.4. The van der Waals surface area contributed by atoms with Gasteiger partial charge in [0.1, 0.15) is 17.0 Å². The van der Waals surface area contributed by atoms with Crippen molar-refractivity contribution in [3.63, 3.8) is 0 Å². The Morgan fingerprint density at radius 2 is 2.08 bits per heavy atom. The molecule has 7 nitrogen and oxygen atoms in total. The smallest absolute Gasteiger partial charge is 0.214 e. The molecule has 1 N–H and O–H groups in total. The van der Waals surface area contributed by atoms with E-state index in [1.165, 1.54) is 28.8 Å². The van der Waals surface area contributed by atoms with E-state index in [0.717, 1.165) is 22.5 Å². The van der Waals surface area contributed by atoms with Crippen LogP contribution in [0.4, 0.5) is 5.82 Å². The van der Waals surface area contributed by atoms with Gasteiger partial charge in [0, 0.05) is 38.0 Å². The lowest BCUT2D eigenvalue weighted by atomic mass is 10.1. The average Bonchev–Trinajstić information content (AvgIpc) is 3.05. The number of β-amino-alcohol motifs (C(OH)–C–C–N with tert-alkyl or cyclic N) is 1. The van der Waals surface area contributed by atoms with Gasteiger partial charge in [-0.2, -0.15) is 0 Å². The largest absolute Gasteiger partial charge is 0.391 e. The second-order valence-corrected chi connectivity index (χ2v) is 10.1. The van der Waals surface area contributed by atoms with E-state index in [4.69, 9.17) is 0 Å². The van der Waals surface area contributed by atoms with Crippen molar-refractivity contribution in [1.82, 2.24) is 14.3 Å². The van der Waals surface area contributed by atoms with Gasteiger partial charge >= 0.3 is 0 Å². The number of thiophene rings is 1. The second-order valence-electron chi connectivity index (χ2n) is 6.66. The van der Waals surface area contributed by atoms with Crippen molar-refractivity contribution in [2.75, 3.05) is 37.8 Å². The minimum absolute atomic E-state index is 0.0603. The van der Waals surface area contributed by atoms with Crippen LogP contribution in [0.25, 0.3) is 10.2 Å². The van der Waals surface area contributed by atoms with Gasteiger partial charge in [-0.1, -0.05) is 6.92 Å². The van der Waals surface area contributed by atoms with Crippen LogP contribution in [0.15, 0.2) is 6.33 Å². The van der Waals surface area contributed by atoms with E-state index in [9.17, 15) is 13.5 Å². The Labute approximate surface area is 152 Å². The summed E-state index contributed by atoms with van der Waals surface area (Å²) in [6, 6.07) is 0. The number of anilines is 1. The van der Waals surface area contributed by atoms with Crippen molar-refractivity contribution in [2.45, 2.75) is 26.4 Å². The van der Waals surface area contributed by atoms with E-state index >= 15 is 0 Å². The SMILES string of the molecule is CCc1c(C)sc2ncnc(N3C[C@@H](CS(=O)(=O)N(C)C)[C@@H](O)C3)c12. The maximum absolute atomic E-state index is 12.2. The zero-order chi connectivity index (χ0) is 18.4. The fourth-order valence-electron chi connectivity index (χ4n) is 3.36. The highest BCUT2D eigenvalue weighted by molar-refractivity contribution is 7.89. The molecular weight excluding hydrogens is 360 g/mol. The molecule has 0 amide bonds. The predicted octanol–water partition coefficient (Wildman–Crippen LogP) is 1.25. The number of hydrogen-bond acceptors (Lipinski definition) is 7. The van der Waals surface area contributed by atoms with Crippen molar-refractivity contribution in [3.05, 3.63) is 16.8 Å². The van der Waals surface area contributed by atoms with Gasteiger partial charge in [-0.3, -0.25) is 0 Å². The number of rotatable bonds is 5. The summed E-state index contributed by atoms with van der Waals surface area (Å²) in [5.74, 6) is 0.409. The van der Waals surface area contributed by atoms with Crippen LogP contribution >= 0.6 is 11.3 Å². The number of nitrogens with zero attached hydrogens (tertiary/aromatic N) is 4. The van der Waals surface area contributed by atoms with Crippen LogP contribution in [-0.4, -0.2) is 66.8 Å². The van der Waals surface area contributed by atoms with Gasteiger partial charge in [-0.05, 0) is 18.9 Å². The van der Waals surface area contributed by atoms with Gasteiger partial charge in [0.05, 0.1) is 17.2 Å². The third-order valence-corrected chi connectivity index (χ3v) is 7.83. The number of fused-ring (bicyclic) bond motifs is 1. The van der Waals surface area contributed by atoms with Gasteiger partial charge in [0.2, 0.25) is 10.0 Å². The first-order chi connectivity index (χ1) is 11.7. The van der Waals surface area contributed by atoms with Crippen LogP contribution in [0.1, 0.15) is 17.4 Å². The van der Waals surface area contributed by atoms with E-state index in [2.05, 4.69) is 23.8 Å². The molecule has 0 spiro atoms. The lowest BCUT2D eigenvalue weighted by Gasteiger charge is -2.19. The Kier molecular flexibility index (Phi) is 5.02. The molecule has 2 atom stereocenters. The highest BCUT2D eigenvalue weighted by atomic mass is 32.2. The summed E-state index contributed by atoms with van der Waals surface area (Å²) < 4.78 is 25.5. The summed E-state index contributed by atoms with van der Waals surface area (Å²) >= 11 is 1.65. The molecule has 1 saturated heterocycles. The molecular formula is C16H24N4O3S2. The first kappa shape index (κ1) is 18.5. The lowest BCUT2D eigenvalue weighted by molar-refractivity contribution is 0.157. The Balaban J connectivity index is 1.93. The molecule has 25 heavy (non-hydrogen) atoms. The van der Waals surface area contributed by atoms with E-state index in [0.29, 0.717) is 13.1 Å². The van der Waals surface area contributed by atoms with Gasteiger partial charge in [-0.25, -0.2) is 22.7 Å². The molecule has 1 aliphatic heterocycles. The molecule has 0 unspecified atom stereocenters. The zero-order valence-electron chi connectivity index (χ0n) is 14.9. The minimum atomic E-state index is -3.36. The summed E-state index contributed by atoms with van der Waals surface area (Å²) in [6.45, 7) is 5.05. The third kappa shape index (κ3) is 3.38. The quantitative estimate of drug-likeness (QED) is 0.835. The average molecular weight is 385 g/mol. The molecule has 3 rings (SSSR count). The molecule has 1 fully saturated rings. The molecule has 0 radical (unpaired) electrons. The molecule has 138 valence electrons. The predicted molar refractivity (Wildman–Crippen MR) is 101 cm³/mol. The fraction of sp³-hybridized carbons (Fsp3) is 0.625. The van der Waals surface area contributed by atoms with Crippen LogP contribution in [-0.2, 0) is 16.4 Å². The minimum Gasteiger partial charge on any atom is -0.391 e. The second kappa shape index (κ2) is 6.79. The summed E-state index contributed by atoms with van der Waals surface area (Å²) in [6.07, 6.45) is 1.74. The first-order valence-corrected chi connectivity index (χ1v) is 10.7. The maximum atomic E-state index is 12.2. The number of aliphatic hydroxyl groups is 1. The van der Waals surface area contributed by atoms with Crippen LogP contribution in [0.3, 0.4) is 0 Å². The lowest BCUT2D eigenvalue weighted by Crippen LogP contribution is -2.33. The molecule has 0 bridgehead atoms. The standard InChI is InChI=1S/C16H24N4O3S2/c1-5-12-10(2)24-16-14(12)15(17-9-18-16)20-6-11(13(21)7-20)8-25(22,23)19(3)4/h9,11,13,21H,5-8H2,1-4H3/t11-,13-/m0/s1. The number of aryl methyl sites for hydroxylation is 2. The first-order valence-electron chi connectivity index (χ1n) is 8.30. The monoisotopic (exact) mass is 384 g/mol. The van der Waals surface area contributed by atoms with Crippen LogP contribution in [0, 0.1) is 12.8 Å². The van der Waals surface area contributed by atoms with Crippen molar-refractivity contribution < 1.29 is 13.5 Å². The van der Waals surface area contributed by atoms with Crippen molar-refractivity contribution in [3.8, 4) is 0 Å². The molecule has 0 aromatic carbocycles. The number of aromatic nitrogens is 2. The van der Waals surface area contributed by atoms with E-state index < -0.39 is 16.1 Å². The van der Waals surface area contributed by atoms with Crippen LogP contribution in [0.2, 0.25) is 0 Å². The molecule has 2 aromatic heterocycles. The highest BCUT2D eigenvalue weighted by Crippen LogP contribution is 2.37. The normalized spacial score (nSPS) is 21.6. The van der Waals surface area contributed by atoms with Crippen molar-refractivity contribution >= 4 is 37.4 Å². The number of hydrogen-bond donors (Lipinski definition) is 1. The maximum Gasteiger partial charge on any atom is 0.214 e. The van der Waals surface area contributed by atoms with Crippen LogP contribution < -0.4 is 4.90 Å². The number of aliphatic hydroxyl groups excluding tert-OH is 1. The Bertz CT molecular complexity index is 879. The fourth-order valence-corrected chi connectivity index (χ4v) is 5.60. The Hall–Kier alpha value is -1.29. The summed E-state index contributed by atoms with van der Waals surface area (Å²) in [5.41, 5.74) is 1.23. The van der Waals surface area contributed by atoms with E-state index in [1.807, 2.05) is 4.90 Å². The molecule has 3 heterocycles. The summed E-state index contributed by atoms with van der Waals surface area (Å²) in [4.78, 5) is 13.0. The highest BCUT2D eigenvalue weighted by Gasteiger charge is 2.36.